The lowest BCUT2D eigenvalue weighted by Crippen LogP contribution is -2.20. The fraction of sp³-hybridized carbons (Fsp3) is 0.235. The molecular formula is C17H16ClNO. The number of anilines is 2. The van der Waals surface area contributed by atoms with Crippen LogP contribution in [0.1, 0.15) is 21.5 Å². The van der Waals surface area contributed by atoms with E-state index in [1.807, 2.05) is 18.2 Å². The monoisotopic (exact) mass is 285 g/mol. The average molecular weight is 286 g/mol. The molecule has 2 aromatic rings. The van der Waals surface area contributed by atoms with Crippen LogP contribution in [0.15, 0.2) is 42.5 Å². The molecule has 0 unspecified atom stereocenters. The van der Waals surface area contributed by atoms with Crippen molar-refractivity contribution in [3.63, 3.8) is 0 Å². The second-order valence-corrected chi connectivity index (χ2v) is 5.35. The lowest BCUT2D eigenvalue weighted by molar-refractivity contribution is 0.112. The van der Waals surface area contributed by atoms with Gasteiger partial charge in [-0.3, -0.25) is 4.79 Å². The zero-order chi connectivity index (χ0) is 13.9. The van der Waals surface area contributed by atoms with Crippen molar-refractivity contribution in [2.75, 3.05) is 17.3 Å². The number of hydrogen-bond acceptors (Lipinski definition) is 2. The van der Waals surface area contributed by atoms with Crippen LogP contribution >= 0.6 is 11.6 Å². The largest absolute Gasteiger partial charge is 0.340 e. The van der Waals surface area contributed by atoms with Gasteiger partial charge in [0.1, 0.15) is 6.29 Å². The number of para-hydroxylation sites is 1. The minimum atomic E-state index is 0.573. The Kier molecular flexibility index (Phi) is 3.75. The second kappa shape index (κ2) is 5.68. The van der Waals surface area contributed by atoms with E-state index in [4.69, 9.17) is 11.6 Å². The predicted molar refractivity (Wildman–Crippen MR) is 83.4 cm³/mol. The van der Waals surface area contributed by atoms with Crippen molar-refractivity contribution in [1.29, 1.82) is 0 Å². The van der Waals surface area contributed by atoms with Crippen molar-refractivity contribution >= 4 is 29.3 Å². The molecule has 0 N–H and O–H groups in total. The van der Waals surface area contributed by atoms with E-state index in [-0.39, 0.29) is 0 Å². The van der Waals surface area contributed by atoms with Crippen LogP contribution in [0.5, 0.6) is 0 Å². The maximum Gasteiger partial charge on any atom is 0.150 e. The molecule has 1 aliphatic rings. The van der Waals surface area contributed by atoms with Crippen LogP contribution in [-0.4, -0.2) is 18.7 Å². The molecule has 1 heterocycles. The van der Waals surface area contributed by atoms with E-state index in [1.54, 1.807) is 0 Å². The van der Waals surface area contributed by atoms with Gasteiger partial charge < -0.3 is 4.90 Å². The van der Waals surface area contributed by atoms with Crippen molar-refractivity contribution < 1.29 is 4.79 Å². The first-order chi connectivity index (χ1) is 9.83. The van der Waals surface area contributed by atoms with Crippen molar-refractivity contribution in [2.24, 2.45) is 0 Å². The van der Waals surface area contributed by atoms with E-state index < -0.39 is 0 Å². The third kappa shape index (κ3) is 2.32. The summed E-state index contributed by atoms with van der Waals surface area (Å²) >= 11 is 5.98. The zero-order valence-corrected chi connectivity index (χ0v) is 11.9. The number of carbonyl (C=O) groups is 1. The van der Waals surface area contributed by atoms with Crippen LogP contribution in [-0.2, 0) is 12.8 Å². The van der Waals surface area contributed by atoms with Gasteiger partial charge in [-0.15, -0.1) is 11.6 Å². The molecule has 0 fully saturated rings. The van der Waals surface area contributed by atoms with Crippen LogP contribution in [0.4, 0.5) is 11.4 Å². The normalized spacial score (nSPS) is 13.3. The van der Waals surface area contributed by atoms with Gasteiger partial charge in [-0.25, -0.2) is 0 Å². The summed E-state index contributed by atoms with van der Waals surface area (Å²) in [6, 6.07) is 14.4. The van der Waals surface area contributed by atoms with E-state index in [0.29, 0.717) is 5.88 Å². The third-order valence-electron chi connectivity index (χ3n) is 3.78. The fourth-order valence-electron chi connectivity index (χ4n) is 2.85. The van der Waals surface area contributed by atoms with E-state index in [1.165, 1.54) is 22.5 Å². The number of rotatable bonds is 3. The molecule has 0 radical (unpaired) electrons. The minimum Gasteiger partial charge on any atom is -0.340 e. The first kappa shape index (κ1) is 13.2. The third-order valence-corrected chi connectivity index (χ3v) is 3.95. The van der Waals surface area contributed by atoms with Crippen LogP contribution in [0.2, 0.25) is 0 Å². The zero-order valence-electron chi connectivity index (χ0n) is 11.2. The number of benzene rings is 2. The molecule has 2 nitrogen and oxygen atoms in total. The number of halogens is 1. The highest BCUT2D eigenvalue weighted by Gasteiger charge is 2.19. The van der Waals surface area contributed by atoms with Gasteiger partial charge in [-0.05, 0) is 48.2 Å². The first-order valence-electron chi connectivity index (χ1n) is 6.83. The molecule has 0 saturated heterocycles. The Hall–Kier alpha value is -1.80. The first-order valence-corrected chi connectivity index (χ1v) is 7.36. The SMILES string of the molecule is O=Cc1ccc2c(c1)CCc1ccccc1N2CCCl. The standard InChI is InChI=1S/C17H16ClNO/c18-9-10-19-16-4-2-1-3-14(16)6-7-15-11-13(12-20)5-8-17(15)19/h1-5,8,11-12H,6-7,9-10H2. The fourth-order valence-corrected chi connectivity index (χ4v) is 3.02. The Balaban J connectivity index is 2.14. The van der Waals surface area contributed by atoms with E-state index in [0.717, 1.165) is 31.2 Å². The molecule has 0 aromatic heterocycles. The van der Waals surface area contributed by atoms with Gasteiger partial charge in [0, 0.05) is 29.4 Å². The molecule has 0 aliphatic carbocycles. The highest BCUT2D eigenvalue weighted by molar-refractivity contribution is 6.18. The quantitative estimate of drug-likeness (QED) is 0.628. The average Bonchev–Trinajstić information content (AvgIpc) is 2.65. The number of aryl methyl sites for hydroxylation is 2. The molecule has 3 heteroatoms. The Labute approximate surface area is 124 Å². The summed E-state index contributed by atoms with van der Waals surface area (Å²) in [6.45, 7) is 0.770. The Morgan fingerprint density at radius 3 is 2.60 bits per heavy atom. The molecule has 0 amide bonds. The Bertz CT molecular complexity index is 639. The van der Waals surface area contributed by atoms with Crippen LogP contribution in [0.3, 0.4) is 0 Å². The highest BCUT2D eigenvalue weighted by Crippen LogP contribution is 2.36. The van der Waals surface area contributed by atoms with Gasteiger partial charge in [0.25, 0.3) is 0 Å². The molecule has 102 valence electrons. The summed E-state index contributed by atoms with van der Waals surface area (Å²) < 4.78 is 0. The second-order valence-electron chi connectivity index (χ2n) is 4.98. The number of nitrogens with zero attached hydrogens (tertiary/aromatic N) is 1. The Morgan fingerprint density at radius 2 is 1.80 bits per heavy atom. The van der Waals surface area contributed by atoms with Crippen LogP contribution < -0.4 is 4.90 Å². The molecule has 0 atom stereocenters. The summed E-state index contributed by atoms with van der Waals surface area (Å²) in [7, 11) is 0. The smallest absolute Gasteiger partial charge is 0.150 e. The number of aldehydes is 1. The van der Waals surface area contributed by atoms with Gasteiger partial charge in [0.05, 0.1) is 0 Å². The summed E-state index contributed by atoms with van der Waals surface area (Å²) in [5.41, 5.74) is 5.69. The Morgan fingerprint density at radius 1 is 1.05 bits per heavy atom. The molecule has 3 rings (SSSR count). The van der Waals surface area contributed by atoms with E-state index >= 15 is 0 Å². The maximum absolute atomic E-state index is 11.0. The summed E-state index contributed by atoms with van der Waals surface area (Å²) in [6.07, 6.45) is 2.85. The van der Waals surface area contributed by atoms with Crippen molar-refractivity contribution in [3.8, 4) is 0 Å². The van der Waals surface area contributed by atoms with Crippen molar-refractivity contribution in [2.45, 2.75) is 12.8 Å². The van der Waals surface area contributed by atoms with Gasteiger partial charge in [0.15, 0.2) is 0 Å². The molecular weight excluding hydrogens is 270 g/mol. The van der Waals surface area contributed by atoms with Crippen LogP contribution in [0, 0.1) is 0 Å². The molecule has 0 spiro atoms. The molecule has 0 saturated carbocycles. The number of carbonyl (C=O) groups excluding carboxylic acids is 1. The molecule has 20 heavy (non-hydrogen) atoms. The molecule has 1 aliphatic heterocycles. The molecule has 2 aromatic carbocycles. The lowest BCUT2D eigenvalue weighted by atomic mass is 10.0. The summed E-state index contributed by atoms with van der Waals surface area (Å²) in [5.74, 6) is 0.573. The van der Waals surface area contributed by atoms with Crippen molar-refractivity contribution in [1.82, 2.24) is 0 Å². The minimum absolute atomic E-state index is 0.573. The van der Waals surface area contributed by atoms with Crippen LogP contribution in [0.25, 0.3) is 0 Å². The van der Waals surface area contributed by atoms with Gasteiger partial charge in [-0.2, -0.15) is 0 Å². The summed E-state index contributed by atoms with van der Waals surface area (Å²) in [5, 5.41) is 0. The summed E-state index contributed by atoms with van der Waals surface area (Å²) in [4.78, 5) is 13.2. The number of alkyl halides is 1. The maximum atomic E-state index is 11.0. The van der Waals surface area contributed by atoms with E-state index in [9.17, 15) is 4.79 Å². The highest BCUT2D eigenvalue weighted by atomic mass is 35.5. The van der Waals surface area contributed by atoms with Gasteiger partial charge in [-0.1, -0.05) is 18.2 Å². The number of fused-ring (bicyclic) bond motifs is 2. The lowest BCUT2D eigenvalue weighted by Gasteiger charge is -2.26. The molecule has 0 bridgehead atoms. The number of hydrogen-bond donors (Lipinski definition) is 0. The topological polar surface area (TPSA) is 20.3 Å². The van der Waals surface area contributed by atoms with Gasteiger partial charge >= 0.3 is 0 Å². The van der Waals surface area contributed by atoms with E-state index in [2.05, 4.69) is 29.2 Å². The predicted octanol–water partition coefficient (Wildman–Crippen LogP) is 3.97. The van der Waals surface area contributed by atoms with Gasteiger partial charge in [0.2, 0.25) is 0 Å². The van der Waals surface area contributed by atoms with Crippen molar-refractivity contribution in [3.05, 3.63) is 59.2 Å².